The molecule has 0 spiro atoms. The normalized spacial score (nSPS) is 19.6. The third kappa shape index (κ3) is 2.16. The fourth-order valence-corrected chi connectivity index (χ4v) is 2.41. The summed E-state index contributed by atoms with van der Waals surface area (Å²) in [7, 11) is 0. The summed E-state index contributed by atoms with van der Waals surface area (Å²) in [4.78, 5) is 0. The van der Waals surface area contributed by atoms with Gasteiger partial charge in [0.05, 0.1) is 5.56 Å². The maximum atomic E-state index is 13.9. The van der Waals surface area contributed by atoms with Gasteiger partial charge >= 0.3 is 6.18 Å². The zero-order valence-corrected chi connectivity index (χ0v) is 9.15. The van der Waals surface area contributed by atoms with Crippen molar-refractivity contribution in [1.82, 2.24) is 0 Å². The Morgan fingerprint density at radius 2 is 1.71 bits per heavy atom. The Bertz CT molecular complexity index is 419. The second kappa shape index (κ2) is 3.98. The Balaban J connectivity index is 2.49. The number of rotatable bonds is 1. The highest BCUT2D eigenvalue weighted by molar-refractivity contribution is 5.33. The van der Waals surface area contributed by atoms with E-state index in [-0.39, 0.29) is 5.56 Å². The van der Waals surface area contributed by atoms with Crippen LogP contribution in [0.4, 0.5) is 17.6 Å². The Morgan fingerprint density at radius 1 is 1.12 bits per heavy atom. The lowest BCUT2D eigenvalue weighted by atomic mass is 9.87. The van der Waals surface area contributed by atoms with Crippen molar-refractivity contribution in [3.8, 4) is 0 Å². The molecule has 0 heterocycles. The summed E-state index contributed by atoms with van der Waals surface area (Å²) in [6.07, 6.45) is -1.95. The van der Waals surface area contributed by atoms with Crippen molar-refractivity contribution < 1.29 is 17.6 Å². The fraction of sp³-hybridized carbons (Fsp3) is 0.500. The van der Waals surface area contributed by atoms with Gasteiger partial charge in [-0.2, -0.15) is 13.2 Å². The van der Waals surface area contributed by atoms with E-state index in [2.05, 4.69) is 0 Å². The first kappa shape index (κ1) is 12.4. The average Bonchev–Trinajstić information content (AvgIpc) is 2.64. The second-order valence-electron chi connectivity index (χ2n) is 4.53. The maximum absolute atomic E-state index is 13.9. The topological polar surface area (TPSA) is 26.0 Å². The van der Waals surface area contributed by atoms with Gasteiger partial charge < -0.3 is 5.73 Å². The summed E-state index contributed by atoms with van der Waals surface area (Å²) in [5.74, 6) is -1.22. The average molecular weight is 247 g/mol. The van der Waals surface area contributed by atoms with Crippen molar-refractivity contribution in [2.45, 2.75) is 37.4 Å². The van der Waals surface area contributed by atoms with Crippen LogP contribution in [0.2, 0.25) is 0 Å². The lowest BCUT2D eigenvalue weighted by Gasteiger charge is -2.25. The van der Waals surface area contributed by atoms with Crippen LogP contribution in [0.5, 0.6) is 0 Å². The third-order valence-corrected chi connectivity index (χ3v) is 3.34. The number of hydrogen-bond donors (Lipinski definition) is 1. The molecule has 17 heavy (non-hydrogen) atoms. The minimum atomic E-state index is -4.67. The maximum Gasteiger partial charge on any atom is 0.419 e. The van der Waals surface area contributed by atoms with Crippen molar-refractivity contribution in [3.63, 3.8) is 0 Å². The molecular formula is C12H13F4N. The van der Waals surface area contributed by atoms with Gasteiger partial charge in [-0.05, 0) is 18.9 Å². The van der Waals surface area contributed by atoms with Gasteiger partial charge in [0.2, 0.25) is 0 Å². The van der Waals surface area contributed by atoms with Gasteiger partial charge in [0.15, 0.2) is 0 Å². The highest BCUT2D eigenvalue weighted by atomic mass is 19.4. The van der Waals surface area contributed by atoms with Crippen molar-refractivity contribution in [3.05, 3.63) is 35.1 Å². The monoisotopic (exact) mass is 247 g/mol. The zero-order valence-electron chi connectivity index (χ0n) is 9.15. The van der Waals surface area contributed by atoms with E-state index in [0.717, 1.165) is 18.9 Å². The summed E-state index contributed by atoms with van der Waals surface area (Å²) in [5, 5.41) is 0. The van der Waals surface area contributed by atoms with E-state index in [1.54, 1.807) is 0 Å². The van der Waals surface area contributed by atoms with Crippen LogP contribution in [0.25, 0.3) is 0 Å². The highest BCUT2D eigenvalue weighted by Crippen LogP contribution is 2.40. The molecule has 1 aromatic carbocycles. The van der Waals surface area contributed by atoms with Crippen LogP contribution in [-0.4, -0.2) is 0 Å². The van der Waals surface area contributed by atoms with E-state index in [1.807, 2.05) is 0 Å². The highest BCUT2D eigenvalue weighted by Gasteiger charge is 2.39. The molecule has 5 heteroatoms. The van der Waals surface area contributed by atoms with Crippen molar-refractivity contribution in [2.75, 3.05) is 0 Å². The number of benzene rings is 1. The molecule has 1 aromatic rings. The van der Waals surface area contributed by atoms with Gasteiger partial charge in [-0.25, -0.2) is 4.39 Å². The number of alkyl halides is 3. The summed E-state index contributed by atoms with van der Waals surface area (Å²) in [6.45, 7) is 0. The predicted octanol–water partition coefficient (Wildman–Crippen LogP) is 3.57. The summed E-state index contributed by atoms with van der Waals surface area (Å²) in [5.41, 5.74) is 3.81. The van der Waals surface area contributed by atoms with E-state index >= 15 is 0 Å². The van der Waals surface area contributed by atoms with Gasteiger partial charge in [0.1, 0.15) is 5.82 Å². The van der Waals surface area contributed by atoms with E-state index in [0.29, 0.717) is 12.8 Å². The first-order valence-corrected chi connectivity index (χ1v) is 5.50. The van der Waals surface area contributed by atoms with Gasteiger partial charge in [-0.1, -0.05) is 25.0 Å². The van der Waals surface area contributed by atoms with Crippen LogP contribution in [0.3, 0.4) is 0 Å². The van der Waals surface area contributed by atoms with Crippen LogP contribution in [-0.2, 0) is 11.7 Å². The smallest absolute Gasteiger partial charge is 0.321 e. The lowest BCUT2D eigenvalue weighted by molar-refractivity contribution is -0.140. The molecule has 1 aliphatic carbocycles. The molecule has 0 aliphatic heterocycles. The molecule has 0 atom stereocenters. The first-order valence-electron chi connectivity index (χ1n) is 5.50. The van der Waals surface area contributed by atoms with Gasteiger partial charge in [-0.3, -0.25) is 0 Å². The second-order valence-corrected chi connectivity index (χ2v) is 4.53. The molecule has 0 saturated heterocycles. The largest absolute Gasteiger partial charge is 0.419 e. The van der Waals surface area contributed by atoms with Crippen LogP contribution < -0.4 is 5.73 Å². The quantitative estimate of drug-likeness (QED) is 0.754. The molecule has 94 valence electrons. The number of halogens is 4. The third-order valence-electron chi connectivity index (χ3n) is 3.34. The van der Waals surface area contributed by atoms with Gasteiger partial charge in [0, 0.05) is 11.1 Å². The van der Waals surface area contributed by atoms with Crippen LogP contribution in [0.15, 0.2) is 18.2 Å². The van der Waals surface area contributed by atoms with Gasteiger partial charge in [0.25, 0.3) is 0 Å². The van der Waals surface area contributed by atoms with Crippen LogP contribution >= 0.6 is 0 Å². The molecule has 1 aliphatic rings. The van der Waals surface area contributed by atoms with E-state index in [9.17, 15) is 17.6 Å². The molecule has 1 fully saturated rings. The molecule has 1 saturated carbocycles. The molecule has 0 aromatic heterocycles. The lowest BCUT2D eigenvalue weighted by Crippen LogP contribution is -2.34. The standard InChI is InChI=1S/C12H13F4N/c13-10-8(11(17)6-1-2-7-11)4-3-5-9(10)12(14,15)16/h3-5H,1-2,6-7,17H2. The Morgan fingerprint density at radius 3 is 2.24 bits per heavy atom. The molecule has 0 radical (unpaired) electrons. The molecule has 1 nitrogen and oxygen atoms in total. The molecule has 0 amide bonds. The minimum absolute atomic E-state index is 0.00942. The van der Waals surface area contributed by atoms with Crippen molar-refractivity contribution in [2.24, 2.45) is 5.73 Å². The molecule has 2 N–H and O–H groups in total. The van der Waals surface area contributed by atoms with Crippen LogP contribution in [0.1, 0.15) is 36.8 Å². The number of nitrogens with two attached hydrogens (primary N) is 1. The first-order chi connectivity index (χ1) is 7.84. The minimum Gasteiger partial charge on any atom is -0.321 e. The molecule has 0 bridgehead atoms. The molecule has 2 rings (SSSR count). The number of hydrogen-bond acceptors (Lipinski definition) is 1. The van der Waals surface area contributed by atoms with Crippen molar-refractivity contribution in [1.29, 1.82) is 0 Å². The Labute approximate surface area is 96.6 Å². The van der Waals surface area contributed by atoms with Crippen molar-refractivity contribution >= 4 is 0 Å². The van der Waals surface area contributed by atoms with E-state index < -0.39 is 23.1 Å². The summed E-state index contributed by atoms with van der Waals surface area (Å²) in [6, 6.07) is 3.32. The predicted molar refractivity (Wildman–Crippen MR) is 55.7 cm³/mol. The Kier molecular flexibility index (Phi) is 2.89. The SMILES string of the molecule is NC1(c2cccc(C(F)(F)F)c2F)CCCC1. The Hall–Kier alpha value is -1.10. The summed E-state index contributed by atoms with van der Waals surface area (Å²) < 4.78 is 51.5. The fourth-order valence-electron chi connectivity index (χ4n) is 2.41. The van der Waals surface area contributed by atoms with Crippen LogP contribution in [0, 0.1) is 5.82 Å². The molecule has 0 unspecified atom stereocenters. The van der Waals surface area contributed by atoms with E-state index in [4.69, 9.17) is 5.73 Å². The summed E-state index contributed by atoms with van der Waals surface area (Å²) >= 11 is 0. The zero-order chi connectivity index (χ0) is 12.7. The van der Waals surface area contributed by atoms with Gasteiger partial charge in [-0.15, -0.1) is 0 Å². The van der Waals surface area contributed by atoms with E-state index in [1.165, 1.54) is 12.1 Å². The molecular weight excluding hydrogens is 234 g/mol.